The molecule has 0 amide bonds. The lowest BCUT2D eigenvalue weighted by Crippen LogP contribution is -2.07. The summed E-state index contributed by atoms with van der Waals surface area (Å²) in [7, 11) is 0. The molecule has 2 aromatic rings. The van der Waals surface area contributed by atoms with Gasteiger partial charge in [0, 0.05) is 5.38 Å². The zero-order valence-electron chi connectivity index (χ0n) is 10.2. The number of furan rings is 1. The zero-order chi connectivity index (χ0) is 13.0. The molecule has 0 fully saturated rings. The summed E-state index contributed by atoms with van der Waals surface area (Å²) in [6, 6.07) is 3.49. The molecule has 0 aliphatic heterocycles. The van der Waals surface area contributed by atoms with E-state index in [0.29, 0.717) is 28.8 Å². The smallest absolute Gasteiger partial charge is 0.340 e. The summed E-state index contributed by atoms with van der Waals surface area (Å²) in [6.45, 7) is 2.05. The highest BCUT2D eigenvalue weighted by atomic mass is 35.5. The van der Waals surface area contributed by atoms with Crippen LogP contribution in [-0.4, -0.2) is 17.6 Å². The Balaban J connectivity index is 0.00000180. The molecule has 0 aliphatic rings. The van der Waals surface area contributed by atoms with Gasteiger partial charge in [-0.05, 0) is 25.1 Å². The Morgan fingerprint density at radius 1 is 1.63 bits per heavy atom. The fourth-order valence-electron chi connectivity index (χ4n) is 1.37. The van der Waals surface area contributed by atoms with Gasteiger partial charge >= 0.3 is 5.97 Å². The van der Waals surface area contributed by atoms with Gasteiger partial charge in [0.25, 0.3) is 0 Å². The lowest BCUT2D eigenvalue weighted by atomic mass is 10.2. The number of nitrogen functional groups attached to an aromatic ring is 1. The van der Waals surface area contributed by atoms with E-state index in [1.165, 1.54) is 17.6 Å². The Morgan fingerprint density at radius 2 is 2.42 bits per heavy atom. The van der Waals surface area contributed by atoms with Gasteiger partial charge in [0.15, 0.2) is 5.13 Å². The van der Waals surface area contributed by atoms with E-state index in [1.807, 2.05) is 0 Å². The van der Waals surface area contributed by atoms with E-state index >= 15 is 0 Å². The van der Waals surface area contributed by atoms with Crippen molar-refractivity contribution in [3.05, 3.63) is 35.2 Å². The number of carbonyl (C=O) groups is 1. The molecule has 0 unspecified atom stereocenters. The van der Waals surface area contributed by atoms with E-state index < -0.39 is 5.97 Å². The number of rotatable bonds is 4. The third kappa shape index (κ3) is 3.84. The maximum Gasteiger partial charge on any atom is 0.340 e. The number of halogens is 1. The summed E-state index contributed by atoms with van der Waals surface area (Å²) < 4.78 is 10.2. The van der Waals surface area contributed by atoms with Crippen molar-refractivity contribution in [2.24, 2.45) is 0 Å². The Hall–Kier alpha value is -1.79. The molecule has 19 heavy (non-hydrogen) atoms. The van der Waals surface area contributed by atoms with Crippen LogP contribution in [0.25, 0.3) is 11.6 Å². The molecule has 2 heterocycles. The first-order valence-corrected chi connectivity index (χ1v) is 6.22. The van der Waals surface area contributed by atoms with Gasteiger partial charge in [0.1, 0.15) is 5.76 Å². The minimum absolute atomic E-state index is 0. The Kier molecular flexibility index (Phi) is 5.59. The number of ether oxygens (including phenoxy) is 1. The molecule has 0 bridgehead atoms. The standard InChI is InChI=1S/C12H12N2O3S.ClH/c1-2-16-11(15)9(6-8-4-3-5-17-8)10-7-18-12(13)14-10;/h3-7H,2H2,1H3,(H2,13,14);1H/b9-6-;. The second-order valence-corrected chi connectivity index (χ2v) is 4.25. The molecule has 0 radical (unpaired) electrons. The van der Waals surface area contributed by atoms with Crippen LogP contribution in [0.15, 0.2) is 28.2 Å². The molecule has 0 spiro atoms. The molecule has 2 N–H and O–H groups in total. The molecule has 0 saturated heterocycles. The summed E-state index contributed by atoms with van der Waals surface area (Å²) in [4.78, 5) is 16.0. The van der Waals surface area contributed by atoms with Crippen LogP contribution in [0.1, 0.15) is 18.4 Å². The number of carbonyl (C=O) groups excluding carboxylic acids is 1. The summed E-state index contributed by atoms with van der Waals surface area (Å²) in [6.07, 6.45) is 3.12. The molecule has 102 valence electrons. The number of esters is 1. The predicted molar refractivity (Wildman–Crippen MR) is 77.0 cm³/mol. The van der Waals surface area contributed by atoms with Crippen LogP contribution in [0.3, 0.4) is 0 Å². The molecule has 0 aromatic carbocycles. The van der Waals surface area contributed by atoms with Gasteiger partial charge in [-0.1, -0.05) is 0 Å². The summed E-state index contributed by atoms with van der Waals surface area (Å²) in [5.74, 6) is 0.115. The monoisotopic (exact) mass is 300 g/mol. The maximum absolute atomic E-state index is 11.9. The third-order valence-corrected chi connectivity index (χ3v) is 2.80. The molecule has 2 aromatic heterocycles. The Morgan fingerprint density at radius 3 is 2.95 bits per heavy atom. The molecule has 7 heteroatoms. The number of thiazole rings is 1. The van der Waals surface area contributed by atoms with Crippen LogP contribution in [0.2, 0.25) is 0 Å². The highest BCUT2D eigenvalue weighted by Crippen LogP contribution is 2.23. The largest absolute Gasteiger partial charge is 0.465 e. The van der Waals surface area contributed by atoms with Gasteiger partial charge in [0.05, 0.1) is 24.1 Å². The fraction of sp³-hybridized carbons (Fsp3) is 0.167. The van der Waals surface area contributed by atoms with Gasteiger partial charge in [-0.3, -0.25) is 0 Å². The number of aromatic nitrogens is 1. The lowest BCUT2D eigenvalue weighted by Gasteiger charge is -2.03. The van der Waals surface area contributed by atoms with Crippen LogP contribution in [0, 0.1) is 0 Å². The fourth-order valence-corrected chi connectivity index (χ4v) is 1.94. The van der Waals surface area contributed by atoms with Crippen LogP contribution in [0.5, 0.6) is 0 Å². The number of nitrogens with zero attached hydrogens (tertiary/aromatic N) is 1. The number of hydrogen-bond acceptors (Lipinski definition) is 6. The van der Waals surface area contributed by atoms with Crippen LogP contribution in [-0.2, 0) is 9.53 Å². The van der Waals surface area contributed by atoms with E-state index in [-0.39, 0.29) is 12.4 Å². The van der Waals surface area contributed by atoms with Crippen molar-refractivity contribution in [1.29, 1.82) is 0 Å². The van der Waals surface area contributed by atoms with Crippen molar-refractivity contribution < 1.29 is 13.9 Å². The van der Waals surface area contributed by atoms with E-state index in [1.54, 1.807) is 30.5 Å². The zero-order valence-corrected chi connectivity index (χ0v) is 11.8. The van der Waals surface area contributed by atoms with Crippen molar-refractivity contribution in [1.82, 2.24) is 4.98 Å². The molecule has 0 saturated carbocycles. The summed E-state index contributed by atoms with van der Waals surface area (Å²) in [5, 5.41) is 2.11. The minimum atomic E-state index is -0.445. The lowest BCUT2D eigenvalue weighted by molar-refractivity contribution is -0.136. The predicted octanol–water partition coefficient (Wildman–Crippen LogP) is 2.84. The van der Waals surface area contributed by atoms with Crippen LogP contribution in [0.4, 0.5) is 5.13 Å². The van der Waals surface area contributed by atoms with Gasteiger partial charge in [-0.25, -0.2) is 9.78 Å². The first-order valence-electron chi connectivity index (χ1n) is 5.34. The molecule has 2 rings (SSSR count). The van der Waals surface area contributed by atoms with Crippen molar-refractivity contribution >= 4 is 46.5 Å². The third-order valence-electron chi connectivity index (χ3n) is 2.12. The quantitative estimate of drug-likeness (QED) is 0.694. The van der Waals surface area contributed by atoms with Crippen LogP contribution >= 0.6 is 23.7 Å². The molecule has 0 aliphatic carbocycles. The van der Waals surface area contributed by atoms with E-state index in [2.05, 4.69) is 4.98 Å². The molecule has 5 nitrogen and oxygen atoms in total. The number of nitrogens with two attached hydrogens (primary N) is 1. The number of anilines is 1. The van der Waals surface area contributed by atoms with Crippen LogP contribution < -0.4 is 5.73 Å². The van der Waals surface area contributed by atoms with Gasteiger partial charge in [-0.15, -0.1) is 23.7 Å². The SMILES string of the molecule is CCOC(=O)/C(=C\c1ccco1)c1csc(N)n1.Cl. The van der Waals surface area contributed by atoms with Crippen molar-refractivity contribution in [3.8, 4) is 0 Å². The van der Waals surface area contributed by atoms with Gasteiger partial charge in [-0.2, -0.15) is 0 Å². The van der Waals surface area contributed by atoms with E-state index in [0.717, 1.165) is 0 Å². The van der Waals surface area contributed by atoms with Crippen molar-refractivity contribution in [2.75, 3.05) is 12.3 Å². The highest BCUT2D eigenvalue weighted by Gasteiger charge is 2.16. The average Bonchev–Trinajstić information content (AvgIpc) is 2.97. The highest BCUT2D eigenvalue weighted by molar-refractivity contribution is 7.13. The normalized spacial score (nSPS) is 10.9. The second kappa shape index (κ2) is 6.96. The molecular weight excluding hydrogens is 288 g/mol. The Bertz CT molecular complexity index is 563. The van der Waals surface area contributed by atoms with Crippen molar-refractivity contribution in [3.63, 3.8) is 0 Å². The summed E-state index contributed by atoms with van der Waals surface area (Å²) >= 11 is 1.27. The topological polar surface area (TPSA) is 78.3 Å². The van der Waals surface area contributed by atoms with Crippen molar-refractivity contribution in [2.45, 2.75) is 6.92 Å². The van der Waals surface area contributed by atoms with E-state index in [4.69, 9.17) is 14.9 Å². The van der Waals surface area contributed by atoms with Gasteiger partial charge in [0.2, 0.25) is 0 Å². The first kappa shape index (κ1) is 15.3. The first-order chi connectivity index (χ1) is 8.70. The second-order valence-electron chi connectivity index (χ2n) is 3.36. The van der Waals surface area contributed by atoms with E-state index in [9.17, 15) is 4.79 Å². The maximum atomic E-state index is 11.9. The Labute approximate surface area is 120 Å². The van der Waals surface area contributed by atoms with Gasteiger partial charge < -0.3 is 14.9 Å². The minimum Gasteiger partial charge on any atom is -0.465 e. The molecule has 0 atom stereocenters. The molecular formula is C12H13ClN2O3S. The summed E-state index contributed by atoms with van der Waals surface area (Å²) in [5.41, 5.74) is 6.39. The number of hydrogen-bond donors (Lipinski definition) is 1. The average molecular weight is 301 g/mol.